The Labute approximate surface area is 108 Å². The van der Waals surface area contributed by atoms with Gasteiger partial charge in [-0.2, -0.15) is 0 Å². The van der Waals surface area contributed by atoms with Crippen LogP contribution in [0.4, 0.5) is 5.69 Å². The molecule has 2 N–H and O–H groups in total. The molecule has 0 aliphatic heterocycles. The number of pyridine rings is 1. The second kappa shape index (κ2) is 5.85. The summed E-state index contributed by atoms with van der Waals surface area (Å²) in [5.41, 5.74) is 6.91. The van der Waals surface area contributed by atoms with Gasteiger partial charge < -0.3 is 10.6 Å². The maximum atomic E-state index is 12.5. The van der Waals surface area contributed by atoms with Gasteiger partial charge in [0, 0.05) is 30.7 Å². The number of rotatable bonds is 3. The van der Waals surface area contributed by atoms with E-state index in [9.17, 15) is 4.79 Å². The van der Waals surface area contributed by atoms with Crippen LogP contribution < -0.4 is 5.73 Å². The number of hydrogen-bond donors (Lipinski definition) is 1. The summed E-state index contributed by atoms with van der Waals surface area (Å²) in [6.07, 6.45) is 9.14. The van der Waals surface area contributed by atoms with Gasteiger partial charge in [-0.05, 0) is 25.8 Å². The molecule has 0 radical (unpaired) electrons. The van der Waals surface area contributed by atoms with E-state index in [1.54, 1.807) is 18.5 Å². The normalized spacial score (nSPS) is 16.5. The van der Waals surface area contributed by atoms with Gasteiger partial charge in [0.15, 0.2) is 0 Å². The van der Waals surface area contributed by atoms with Crippen LogP contribution in [0.3, 0.4) is 0 Å². The van der Waals surface area contributed by atoms with E-state index in [1.807, 2.05) is 11.8 Å². The van der Waals surface area contributed by atoms with Gasteiger partial charge in [-0.1, -0.05) is 19.3 Å². The van der Waals surface area contributed by atoms with Crippen LogP contribution in [0.25, 0.3) is 0 Å². The minimum atomic E-state index is 0.0231. The van der Waals surface area contributed by atoms with Crippen molar-refractivity contribution in [2.75, 3.05) is 12.3 Å². The first-order valence-electron chi connectivity index (χ1n) is 6.74. The van der Waals surface area contributed by atoms with Crippen LogP contribution in [0.5, 0.6) is 0 Å². The molecule has 4 heteroatoms. The Morgan fingerprint density at radius 2 is 2.17 bits per heavy atom. The van der Waals surface area contributed by atoms with Crippen LogP contribution in [-0.2, 0) is 0 Å². The van der Waals surface area contributed by atoms with E-state index >= 15 is 0 Å². The lowest BCUT2D eigenvalue weighted by atomic mass is 9.93. The van der Waals surface area contributed by atoms with E-state index in [-0.39, 0.29) is 5.91 Å². The molecule has 1 amide bonds. The monoisotopic (exact) mass is 247 g/mol. The maximum absolute atomic E-state index is 12.5. The fourth-order valence-corrected chi connectivity index (χ4v) is 2.70. The number of hydrogen-bond acceptors (Lipinski definition) is 3. The molecule has 0 unspecified atom stereocenters. The summed E-state index contributed by atoms with van der Waals surface area (Å²) in [6, 6.07) is 2.05. The van der Waals surface area contributed by atoms with Crippen molar-refractivity contribution in [1.29, 1.82) is 0 Å². The van der Waals surface area contributed by atoms with Gasteiger partial charge in [0.05, 0.1) is 5.56 Å². The fourth-order valence-electron chi connectivity index (χ4n) is 2.70. The maximum Gasteiger partial charge on any atom is 0.257 e. The summed E-state index contributed by atoms with van der Waals surface area (Å²) in [4.78, 5) is 18.5. The van der Waals surface area contributed by atoms with Crippen molar-refractivity contribution in [3.8, 4) is 0 Å². The largest absolute Gasteiger partial charge is 0.398 e. The van der Waals surface area contributed by atoms with E-state index < -0.39 is 0 Å². The summed E-state index contributed by atoms with van der Waals surface area (Å²) in [5, 5.41) is 0. The highest BCUT2D eigenvalue weighted by molar-refractivity contribution is 5.98. The minimum absolute atomic E-state index is 0.0231. The highest BCUT2D eigenvalue weighted by atomic mass is 16.2. The van der Waals surface area contributed by atoms with Gasteiger partial charge in [-0.25, -0.2) is 0 Å². The molecule has 0 saturated heterocycles. The Balaban J connectivity index is 2.17. The molecular formula is C14H21N3O. The smallest absolute Gasteiger partial charge is 0.257 e. The Bertz CT molecular complexity index is 413. The van der Waals surface area contributed by atoms with Crippen LogP contribution in [0, 0.1) is 0 Å². The Kier molecular flexibility index (Phi) is 4.18. The lowest BCUT2D eigenvalue weighted by molar-refractivity contribution is 0.0648. The lowest BCUT2D eigenvalue weighted by Gasteiger charge is -2.33. The van der Waals surface area contributed by atoms with Crippen molar-refractivity contribution in [2.45, 2.75) is 45.1 Å². The molecule has 18 heavy (non-hydrogen) atoms. The van der Waals surface area contributed by atoms with Crippen molar-refractivity contribution >= 4 is 11.6 Å². The van der Waals surface area contributed by atoms with E-state index in [0.29, 0.717) is 17.3 Å². The average molecular weight is 247 g/mol. The first kappa shape index (κ1) is 12.9. The molecule has 1 aliphatic rings. The molecule has 0 bridgehead atoms. The molecule has 0 spiro atoms. The molecule has 1 aromatic rings. The summed E-state index contributed by atoms with van der Waals surface area (Å²) >= 11 is 0. The first-order valence-corrected chi connectivity index (χ1v) is 6.74. The average Bonchev–Trinajstić information content (AvgIpc) is 2.41. The number of carbonyl (C=O) groups is 1. The summed E-state index contributed by atoms with van der Waals surface area (Å²) < 4.78 is 0. The van der Waals surface area contributed by atoms with Crippen molar-refractivity contribution in [3.05, 3.63) is 24.0 Å². The molecule has 0 atom stereocenters. The highest BCUT2D eigenvalue weighted by Crippen LogP contribution is 2.24. The quantitative estimate of drug-likeness (QED) is 0.892. The van der Waals surface area contributed by atoms with Gasteiger partial charge in [0.1, 0.15) is 0 Å². The highest BCUT2D eigenvalue weighted by Gasteiger charge is 2.25. The van der Waals surface area contributed by atoms with Crippen molar-refractivity contribution in [1.82, 2.24) is 9.88 Å². The predicted octanol–water partition coefficient (Wildman–Crippen LogP) is 2.46. The van der Waals surface area contributed by atoms with Gasteiger partial charge in [-0.15, -0.1) is 0 Å². The number of amides is 1. The molecule has 1 saturated carbocycles. The van der Waals surface area contributed by atoms with Crippen LogP contribution in [0.2, 0.25) is 0 Å². The predicted molar refractivity (Wildman–Crippen MR) is 72.2 cm³/mol. The number of aromatic nitrogens is 1. The zero-order valence-corrected chi connectivity index (χ0v) is 10.9. The molecule has 1 heterocycles. The molecule has 0 aromatic carbocycles. The molecule has 2 rings (SSSR count). The van der Waals surface area contributed by atoms with Gasteiger partial charge in [0.2, 0.25) is 0 Å². The van der Waals surface area contributed by atoms with Gasteiger partial charge >= 0.3 is 0 Å². The summed E-state index contributed by atoms with van der Waals surface area (Å²) in [5.74, 6) is 0.0231. The zero-order chi connectivity index (χ0) is 13.0. The van der Waals surface area contributed by atoms with Crippen molar-refractivity contribution in [3.63, 3.8) is 0 Å². The van der Waals surface area contributed by atoms with E-state index in [2.05, 4.69) is 4.98 Å². The Morgan fingerprint density at radius 3 is 2.78 bits per heavy atom. The number of nitrogen functional groups attached to an aromatic ring is 1. The number of nitrogens with zero attached hydrogens (tertiary/aromatic N) is 2. The number of carbonyl (C=O) groups excluding carboxylic acids is 1. The lowest BCUT2D eigenvalue weighted by Crippen LogP contribution is -2.41. The minimum Gasteiger partial charge on any atom is -0.398 e. The Hall–Kier alpha value is -1.58. The fraction of sp³-hybridized carbons (Fsp3) is 0.571. The molecular weight excluding hydrogens is 226 g/mol. The molecule has 1 aromatic heterocycles. The van der Waals surface area contributed by atoms with E-state index in [0.717, 1.165) is 19.4 Å². The molecule has 4 nitrogen and oxygen atoms in total. The Morgan fingerprint density at radius 1 is 1.44 bits per heavy atom. The van der Waals surface area contributed by atoms with E-state index in [4.69, 9.17) is 5.73 Å². The van der Waals surface area contributed by atoms with Crippen LogP contribution in [-0.4, -0.2) is 28.4 Å². The second-order valence-electron chi connectivity index (χ2n) is 4.85. The summed E-state index contributed by atoms with van der Waals surface area (Å²) in [6.45, 7) is 2.76. The second-order valence-corrected chi connectivity index (χ2v) is 4.85. The molecule has 1 fully saturated rings. The van der Waals surface area contributed by atoms with Crippen LogP contribution >= 0.6 is 0 Å². The topological polar surface area (TPSA) is 59.2 Å². The zero-order valence-electron chi connectivity index (χ0n) is 10.9. The first-order chi connectivity index (χ1) is 8.74. The van der Waals surface area contributed by atoms with E-state index in [1.165, 1.54) is 19.3 Å². The van der Waals surface area contributed by atoms with Gasteiger partial charge in [0.25, 0.3) is 5.91 Å². The van der Waals surface area contributed by atoms with Crippen molar-refractivity contribution < 1.29 is 4.79 Å². The summed E-state index contributed by atoms with van der Waals surface area (Å²) in [7, 11) is 0. The third-order valence-electron chi connectivity index (χ3n) is 3.70. The molecule has 98 valence electrons. The molecule has 1 aliphatic carbocycles. The van der Waals surface area contributed by atoms with Gasteiger partial charge in [-0.3, -0.25) is 9.78 Å². The standard InChI is InChI=1S/C14H21N3O/c1-2-17(11-6-4-3-5-7-11)14(18)12-10-16-9-8-13(12)15/h8-11H,2-7H2,1H3,(H2,15,16). The number of nitrogens with two attached hydrogens (primary N) is 1. The van der Waals surface area contributed by atoms with Crippen LogP contribution in [0.1, 0.15) is 49.4 Å². The SMILES string of the molecule is CCN(C(=O)c1cnccc1N)C1CCCCC1. The third kappa shape index (κ3) is 2.63. The third-order valence-corrected chi connectivity index (χ3v) is 3.70. The van der Waals surface area contributed by atoms with Crippen molar-refractivity contribution in [2.24, 2.45) is 0 Å². The number of anilines is 1. The van der Waals surface area contributed by atoms with Crippen LogP contribution in [0.15, 0.2) is 18.5 Å².